The van der Waals surface area contributed by atoms with Crippen molar-refractivity contribution >= 4 is 29.0 Å². The summed E-state index contributed by atoms with van der Waals surface area (Å²) >= 11 is 0. The van der Waals surface area contributed by atoms with Crippen LogP contribution in [0.25, 0.3) is 0 Å². The molecular weight excluding hydrogens is 373 g/mol. The van der Waals surface area contributed by atoms with Crippen LogP contribution in [0.2, 0.25) is 0 Å². The first-order chi connectivity index (χ1) is 13.4. The van der Waals surface area contributed by atoms with Crippen molar-refractivity contribution in [2.75, 3.05) is 17.7 Å². The molecule has 0 saturated carbocycles. The summed E-state index contributed by atoms with van der Waals surface area (Å²) in [5, 5.41) is 7.88. The Morgan fingerprint density at radius 1 is 0.964 bits per heavy atom. The number of pyridine rings is 1. The number of carbonyl (C=O) groups is 1. The first kappa shape index (κ1) is 19.1. The molecule has 0 aliphatic carbocycles. The van der Waals surface area contributed by atoms with E-state index in [1.165, 1.54) is 37.6 Å². The van der Waals surface area contributed by atoms with Gasteiger partial charge in [0.25, 0.3) is 5.91 Å². The van der Waals surface area contributed by atoms with Gasteiger partial charge in [-0.2, -0.15) is 13.2 Å². The highest BCUT2D eigenvalue weighted by molar-refractivity contribution is 6.00. The summed E-state index contributed by atoms with van der Waals surface area (Å²) < 4.78 is 40.3. The number of rotatable bonds is 5. The number of nitrogens with zero attached hydrogens (tertiary/aromatic N) is 3. The molecule has 10 heteroatoms. The Kier molecular flexibility index (Phi) is 5.39. The van der Waals surface area contributed by atoms with Gasteiger partial charge in [0.05, 0.1) is 22.5 Å². The van der Waals surface area contributed by atoms with Gasteiger partial charge in [0, 0.05) is 31.7 Å². The maximum Gasteiger partial charge on any atom is 0.419 e. The molecule has 0 unspecified atom stereocenters. The number of nitrogens with one attached hydrogen (secondary N) is 3. The molecule has 0 aliphatic heterocycles. The van der Waals surface area contributed by atoms with Crippen LogP contribution < -0.4 is 16.0 Å². The molecule has 3 rings (SSSR count). The van der Waals surface area contributed by atoms with Crippen LogP contribution in [-0.4, -0.2) is 27.9 Å². The number of hydrogen-bond acceptors (Lipinski definition) is 6. The zero-order chi connectivity index (χ0) is 20.1. The van der Waals surface area contributed by atoms with Crippen molar-refractivity contribution < 1.29 is 18.0 Å². The van der Waals surface area contributed by atoms with Gasteiger partial charge in [-0.15, -0.1) is 0 Å². The third kappa shape index (κ3) is 4.34. The van der Waals surface area contributed by atoms with E-state index in [0.29, 0.717) is 6.20 Å². The summed E-state index contributed by atoms with van der Waals surface area (Å²) in [6.45, 7) is 0. The van der Waals surface area contributed by atoms with Gasteiger partial charge in [-0.25, -0.2) is 15.0 Å². The Morgan fingerprint density at radius 2 is 1.68 bits per heavy atom. The molecule has 2 aromatic heterocycles. The lowest BCUT2D eigenvalue weighted by molar-refractivity contribution is -0.137. The van der Waals surface area contributed by atoms with Crippen molar-refractivity contribution in [2.24, 2.45) is 0 Å². The summed E-state index contributed by atoms with van der Waals surface area (Å²) in [7, 11) is 1.44. The monoisotopic (exact) mass is 388 g/mol. The van der Waals surface area contributed by atoms with Crippen LogP contribution in [-0.2, 0) is 6.18 Å². The molecule has 0 saturated heterocycles. The maximum absolute atomic E-state index is 13.4. The number of para-hydroxylation sites is 1. The molecule has 0 fully saturated rings. The topological polar surface area (TPSA) is 91.8 Å². The van der Waals surface area contributed by atoms with E-state index in [1.54, 1.807) is 18.2 Å². The molecule has 0 atom stereocenters. The molecule has 0 aliphatic rings. The Bertz CT molecular complexity index is 979. The number of halogens is 3. The number of hydrogen-bond donors (Lipinski definition) is 3. The quantitative estimate of drug-likeness (QED) is 0.617. The first-order valence-corrected chi connectivity index (χ1v) is 8.08. The average molecular weight is 388 g/mol. The molecular formula is C18H15F3N6O. The van der Waals surface area contributed by atoms with Gasteiger partial charge in [-0.3, -0.25) is 4.79 Å². The third-order valence-electron chi connectivity index (χ3n) is 3.68. The number of aromatic nitrogens is 3. The van der Waals surface area contributed by atoms with Crippen LogP contribution in [0.5, 0.6) is 0 Å². The second-order valence-corrected chi connectivity index (χ2v) is 5.56. The van der Waals surface area contributed by atoms with E-state index >= 15 is 0 Å². The predicted octanol–water partition coefficient (Wildman–Crippen LogP) is 3.74. The van der Waals surface area contributed by atoms with Crippen molar-refractivity contribution in [1.29, 1.82) is 0 Å². The van der Waals surface area contributed by atoms with Crippen LogP contribution in [0.1, 0.15) is 15.9 Å². The highest BCUT2D eigenvalue weighted by Crippen LogP contribution is 2.37. The number of carbonyl (C=O) groups excluding carboxylic acids is 1. The molecule has 144 valence electrons. The number of amides is 1. The normalized spacial score (nSPS) is 11.0. The molecule has 0 radical (unpaired) electrons. The van der Waals surface area contributed by atoms with Crippen molar-refractivity contribution in [3.8, 4) is 0 Å². The molecule has 7 nitrogen and oxygen atoms in total. The van der Waals surface area contributed by atoms with Gasteiger partial charge in [-0.1, -0.05) is 12.1 Å². The van der Waals surface area contributed by atoms with Crippen LogP contribution in [0.3, 0.4) is 0 Å². The van der Waals surface area contributed by atoms with E-state index in [-0.39, 0.29) is 28.7 Å². The van der Waals surface area contributed by atoms with Crippen molar-refractivity contribution in [1.82, 2.24) is 20.3 Å². The van der Waals surface area contributed by atoms with Gasteiger partial charge in [0.15, 0.2) is 0 Å². The van der Waals surface area contributed by atoms with E-state index in [1.807, 2.05) is 0 Å². The van der Waals surface area contributed by atoms with Crippen LogP contribution in [0, 0.1) is 0 Å². The molecule has 1 aromatic carbocycles. The summed E-state index contributed by atoms with van der Waals surface area (Å²) in [5.41, 5.74) is -0.813. The average Bonchev–Trinajstić information content (AvgIpc) is 2.68. The lowest BCUT2D eigenvalue weighted by Gasteiger charge is -2.17. The first-order valence-electron chi connectivity index (χ1n) is 8.08. The number of benzene rings is 1. The largest absolute Gasteiger partial charge is 0.419 e. The second kappa shape index (κ2) is 7.91. The highest BCUT2D eigenvalue weighted by atomic mass is 19.4. The van der Waals surface area contributed by atoms with Gasteiger partial charge in [0.1, 0.15) is 5.82 Å². The summed E-state index contributed by atoms with van der Waals surface area (Å²) in [4.78, 5) is 23.7. The fraction of sp³-hybridized carbons (Fsp3) is 0.111. The lowest BCUT2D eigenvalue weighted by atomic mass is 10.1. The van der Waals surface area contributed by atoms with E-state index in [0.717, 1.165) is 0 Å². The fourth-order valence-corrected chi connectivity index (χ4v) is 2.40. The van der Waals surface area contributed by atoms with E-state index in [2.05, 4.69) is 30.9 Å². The van der Waals surface area contributed by atoms with Gasteiger partial charge in [0.2, 0.25) is 5.95 Å². The van der Waals surface area contributed by atoms with E-state index in [4.69, 9.17) is 0 Å². The van der Waals surface area contributed by atoms with Crippen LogP contribution in [0.4, 0.5) is 36.3 Å². The second-order valence-electron chi connectivity index (χ2n) is 5.56. The zero-order valence-electron chi connectivity index (χ0n) is 14.6. The minimum absolute atomic E-state index is 0.110. The minimum Gasteiger partial charge on any atom is -0.355 e. The van der Waals surface area contributed by atoms with Crippen molar-refractivity contribution in [2.45, 2.75) is 6.18 Å². The standard InChI is InChI=1S/C18H15F3N6O/c1-22-16(28)11-5-2-3-6-13(11)26-14-9-15(25-10-12(14)18(19,20)21)27-17-23-7-4-8-24-17/h2-10H,1H3,(H,22,28)(H2,23,24,25,26,27). The SMILES string of the molecule is CNC(=O)c1ccccc1Nc1cc(Nc2ncccn2)ncc1C(F)(F)F. The molecule has 3 aromatic rings. The number of alkyl halides is 3. The molecule has 3 N–H and O–H groups in total. The Morgan fingerprint density at radius 3 is 2.36 bits per heavy atom. The highest BCUT2D eigenvalue weighted by Gasteiger charge is 2.34. The summed E-state index contributed by atoms with van der Waals surface area (Å²) in [6.07, 6.45) is -0.967. The fourth-order valence-electron chi connectivity index (χ4n) is 2.40. The molecule has 0 bridgehead atoms. The molecule has 1 amide bonds. The number of anilines is 4. The van der Waals surface area contributed by atoms with Gasteiger partial charge >= 0.3 is 6.18 Å². The zero-order valence-corrected chi connectivity index (χ0v) is 14.6. The Labute approximate surface area is 158 Å². The molecule has 28 heavy (non-hydrogen) atoms. The minimum atomic E-state index is -4.64. The van der Waals surface area contributed by atoms with Crippen LogP contribution in [0.15, 0.2) is 55.0 Å². The van der Waals surface area contributed by atoms with E-state index in [9.17, 15) is 18.0 Å². The van der Waals surface area contributed by atoms with Crippen LogP contribution >= 0.6 is 0 Å². The van der Waals surface area contributed by atoms with Crippen molar-refractivity contribution in [3.05, 3.63) is 66.1 Å². The Hall–Kier alpha value is -3.69. The molecule has 0 spiro atoms. The lowest BCUT2D eigenvalue weighted by Crippen LogP contribution is -2.19. The molecule has 2 heterocycles. The third-order valence-corrected chi connectivity index (χ3v) is 3.68. The maximum atomic E-state index is 13.4. The smallest absolute Gasteiger partial charge is 0.355 e. The van der Waals surface area contributed by atoms with Gasteiger partial charge < -0.3 is 16.0 Å². The van der Waals surface area contributed by atoms with Crippen molar-refractivity contribution in [3.63, 3.8) is 0 Å². The Balaban J connectivity index is 2.01. The van der Waals surface area contributed by atoms with Gasteiger partial charge in [-0.05, 0) is 18.2 Å². The van der Waals surface area contributed by atoms with E-state index < -0.39 is 17.6 Å². The predicted molar refractivity (Wildman–Crippen MR) is 97.7 cm³/mol. The summed E-state index contributed by atoms with van der Waals surface area (Å²) in [5.74, 6) is -0.132. The summed E-state index contributed by atoms with van der Waals surface area (Å²) in [6, 6.07) is 9.03.